The molecule has 5 heteroatoms. The van der Waals surface area contributed by atoms with Crippen molar-refractivity contribution in [1.82, 2.24) is 14.7 Å². The highest BCUT2D eigenvalue weighted by molar-refractivity contribution is 5.69. The number of ether oxygens (including phenoxy) is 1. The van der Waals surface area contributed by atoms with E-state index >= 15 is 0 Å². The molecule has 112 valence electrons. The number of carbonyl (C=O) groups excluding carboxylic acids is 1. The molecule has 0 saturated carbocycles. The third-order valence-electron chi connectivity index (χ3n) is 3.11. The highest BCUT2D eigenvalue weighted by atomic mass is 16.5. The van der Waals surface area contributed by atoms with Gasteiger partial charge in [-0.25, -0.2) is 4.68 Å². The van der Waals surface area contributed by atoms with Gasteiger partial charge in [-0.3, -0.25) is 4.79 Å². The number of rotatable bonds is 7. The number of benzene rings is 1. The lowest BCUT2D eigenvalue weighted by atomic mass is 10.3. The minimum absolute atomic E-state index is 0.149. The fraction of sp³-hybridized carbons (Fsp3) is 0.375. The molecular weight excluding hydrogens is 266 g/mol. The first-order valence-electron chi connectivity index (χ1n) is 7.12. The quantitative estimate of drug-likeness (QED) is 0.733. The second-order valence-corrected chi connectivity index (χ2v) is 4.92. The maximum atomic E-state index is 11.3. The monoisotopic (exact) mass is 287 g/mol. The molecule has 5 nitrogen and oxygen atoms in total. The van der Waals surface area contributed by atoms with Crippen molar-refractivity contribution in [3.8, 4) is 5.69 Å². The van der Waals surface area contributed by atoms with E-state index in [0.29, 0.717) is 19.6 Å². The molecule has 1 aromatic carbocycles. The Morgan fingerprint density at radius 3 is 2.81 bits per heavy atom. The van der Waals surface area contributed by atoms with Crippen LogP contribution in [0.5, 0.6) is 0 Å². The molecule has 2 rings (SSSR count). The van der Waals surface area contributed by atoms with Crippen molar-refractivity contribution in [2.24, 2.45) is 0 Å². The first kappa shape index (κ1) is 15.3. The second kappa shape index (κ2) is 7.59. The van der Waals surface area contributed by atoms with E-state index in [1.165, 1.54) is 0 Å². The fourth-order valence-electron chi connectivity index (χ4n) is 2.07. The van der Waals surface area contributed by atoms with E-state index in [2.05, 4.69) is 10.00 Å². The van der Waals surface area contributed by atoms with E-state index in [0.717, 1.165) is 17.8 Å². The molecule has 0 atom stereocenters. The van der Waals surface area contributed by atoms with E-state index in [1.54, 1.807) is 0 Å². The van der Waals surface area contributed by atoms with Crippen LogP contribution in [0.2, 0.25) is 0 Å². The summed E-state index contributed by atoms with van der Waals surface area (Å²) in [7, 11) is 1.99. The predicted octanol–water partition coefficient (Wildman–Crippen LogP) is 2.26. The summed E-state index contributed by atoms with van der Waals surface area (Å²) in [5.74, 6) is -0.149. The first-order valence-corrected chi connectivity index (χ1v) is 7.12. The molecule has 21 heavy (non-hydrogen) atoms. The maximum absolute atomic E-state index is 11.3. The van der Waals surface area contributed by atoms with Crippen LogP contribution in [0.3, 0.4) is 0 Å². The van der Waals surface area contributed by atoms with E-state index in [9.17, 15) is 4.79 Å². The summed E-state index contributed by atoms with van der Waals surface area (Å²) >= 11 is 0. The smallest absolute Gasteiger partial charge is 0.307 e. The van der Waals surface area contributed by atoms with Crippen molar-refractivity contribution in [2.75, 3.05) is 20.2 Å². The Morgan fingerprint density at radius 1 is 1.33 bits per heavy atom. The van der Waals surface area contributed by atoms with E-state index < -0.39 is 0 Å². The van der Waals surface area contributed by atoms with Crippen LogP contribution >= 0.6 is 0 Å². The molecule has 1 heterocycles. The molecule has 0 aliphatic carbocycles. The SMILES string of the molecule is CCOC(=O)CCN(C)Cc1cnn(-c2ccccc2)c1. The summed E-state index contributed by atoms with van der Waals surface area (Å²) in [6.07, 6.45) is 4.28. The zero-order valence-electron chi connectivity index (χ0n) is 12.5. The summed E-state index contributed by atoms with van der Waals surface area (Å²) in [4.78, 5) is 13.4. The standard InChI is InChI=1S/C16H21N3O2/c1-3-21-16(20)9-10-18(2)12-14-11-17-19(13-14)15-7-5-4-6-8-15/h4-8,11,13H,3,9-10,12H2,1-2H3. The number of aromatic nitrogens is 2. The van der Waals surface area contributed by atoms with Crippen molar-refractivity contribution in [1.29, 1.82) is 0 Å². The zero-order chi connectivity index (χ0) is 15.1. The summed E-state index contributed by atoms with van der Waals surface area (Å²) in [6.45, 7) is 3.69. The van der Waals surface area contributed by atoms with Crippen LogP contribution in [-0.4, -0.2) is 40.8 Å². The Hall–Kier alpha value is -2.14. The lowest BCUT2D eigenvalue weighted by molar-refractivity contribution is -0.143. The molecule has 2 aromatic rings. The third-order valence-corrected chi connectivity index (χ3v) is 3.11. The Morgan fingerprint density at radius 2 is 2.10 bits per heavy atom. The molecule has 0 aliphatic rings. The van der Waals surface area contributed by atoms with Gasteiger partial charge in [0.1, 0.15) is 0 Å². The van der Waals surface area contributed by atoms with Crippen molar-refractivity contribution in [3.63, 3.8) is 0 Å². The number of hydrogen-bond donors (Lipinski definition) is 0. The van der Waals surface area contributed by atoms with Crippen LogP contribution in [-0.2, 0) is 16.1 Å². The van der Waals surface area contributed by atoms with Crippen molar-refractivity contribution >= 4 is 5.97 Å². The predicted molar refractivity (Wildman–Crippen MR) is 81.1 cm³/mol. The van der Waals surface area contributed by atoms with E-state index in [4.69, 9.17) is 4.74 Å². The van der Waals surface area contributed by atoms with Crippen LogP contribution in [0.25, 0.3) is 5.69 Å². The van der Waals surface area contributed by atoms with Gasteiger partial charge in [0, 0.05) is 24.8 Å². The average molecular weight is 287 g/mol. The largest absolute Gasteiger partial charge is 0.466 e. The van der Waals surface area contributed by atoms with Crippen molar-refractivity contribution in [3.05, 3.63) is 48.3 Å². The van der Waals surface area contributed by atoms with Gasteiger partial charge in [-0.15, -0.1) is 0 Å². The van der Waals surface area contributed by atoms with Gasteiger partial charge >= 0.3 is 5.97 Å². The maximum Gasteiger partial charge on any atom is 0.307 e. The van der Waals surface area contributed by atoms with E-state index in [1.807, 2.05) is 61.4 Å². The van der Waals surface area contributed by atoms with Crippen molar-refractivity contribution < 1.29 is 9.53 Å². The number of nitrogens with zero attached hydrogens (tertiary/aromatic N) is 3. The molecule has 1 aromatic heterocycles. The van der Waals surface area contributed by atoms with Crippen LogP contribution < -0.4 is 0 Å². The Bertz CT molecular complexity index is 566. The number of carbonyl (C=O) groups is 1. The molecule has 0 bridgehead atoms. The molecule has 0 spiro atoms. The first-order chi connectivity index (χ1) is 10.2. The number of para-hydroxylation sites is 1. The molecule has 0 unspecified atom stereocenters. The van der Waals surface area contributed by atoms with Gasteiger partial charge < -0.3 is 9.64 Å². The van der Waals surface area contributed by atoms with Gasteiger partial charge in [-0.2, -0.15) is 5.10 Å². The topological polar surface area (TPSA) is 47.4 Å². The van der Waals surface area contributed by atoms with Gasteiger partial charge in [0.05, 0.1) is 24.9 Å². The number of esters is 1. The molecule has 0 radical (unpaired) electrons. The Labute approximate surface area is 125 Å². The van der Waals surface area contributed by atoms with Gasteiger partial charge in [0.15, 0.2) is 0 Å². The van der Waals surface area contributed by atoms with Crippen LogP contribution in [0.15, 0.2) is 42.7 Å². The van der Waals surface area contributed by atoms with Gasteiger partial charge in [-0.05, 0) is 26.1 Å². The third kappa shape index (κ3) is 4.72. The number of hydrogen-bond acceptors (Lipinski definition) is 4. The molecule has 0 amide bonds. The van der Waals surface area contributed by atoms with Gasteiger partial charge in [-0.1, -0.05) is 18.2 Å². The summed E-state index contributed by atoms with van der Waals surface area (Å²) in [6, 6.07) is 9.99. The molecule has 0 N–H and O–H groups in total. The fourth-order valence-corrected chi connectivity index (χ4v) is 2.07. The Balaban J connectivity index is 1.86. The van der Waals surface area contributed by atoms with Crippen LogP contribution in [0.1, 0.15) is 18.9 Å². The minimum atomic E-state index is -0.149. The van der Waals surface area contributed by atoms with Crippen LogP contribution in [0, 0.1) is 0 Å². The second-order valence-electron chi connectivity index (χ2n) is 4.92. The molecular formula is C16H21N3O2. The lowest BCUT2D eigenvalue weighted by Gasteiger charge is -2.14. The normalized spacial score (nSPS) is 10.8. The molecule has 0 fully saturated rings. The van der Waals surface area contributed by atoms with Gasteiger partial charge in [0.25, 0.3) is 0 Å². The molecule has 0 saturated heterocycles. The van der Waals surface area contributed by atoms with Gasteiger partial charge in [0.2, 0.25) is 0 Å². The van der Waals surface area contributed by atoms with Crippen molar-refractivity contribution in [2.45, 2.75) is 19.9 Å². The summed E-state index contributed by atoms with van der Waals surface area (Å²) < 4.78 is 6.78. The summed E-state index contributed by atoms with van der Waals surface area (Å²) in [5, 5.41) is 4.36. The lowest BCUT2D eigenvalue weighted by Crippen LogP contribution is -2.22. The highest BCUT2D eigenvalue weighted by Crippen LogP contribution is 2.09. The van der Waals surface area contributed by atoms with E-state index in [-0.39, 0.29) is 5.97 Å². The Kier molecular flexibility index (Phi) is 5.51. The summed E-state index contributed by atoms with van der Waals surface area (Å²) in [5.41, 5.74) is 2.16. The average Bonchev–Trinajstić information content (AvgIpc) is 2.95. The minimum Gasteiger partial charge on any atom is -0.466 e. The molecule has 0 aliphatic heterocycles. The highest BCUT2D eigenvalue weighted by Gasteiger charge is 2.07. The van der Waals surface area contributed by atoms with Crippen LogP contribution in [0.4, 0.5) is 0 Å². The zero-order valence-corrected chi connectivity index (χ0v) is 12.5.